The molecule has 1 aliphatic carbocycles. The van der Waals surface area contributed by atoms with Crippen LogP contribution in [-0.2, 0) is 15.9 Å². The molecule has 28 heavy (non-hydrogen) atoms. The predicted molar refractivity (Wildman–Crippen MR) is 131 cm³/mol. The van der Waals surface area contributed by atoms with Crippen molar-refractivity contribution in [1.82, 2.24) is 4.98 Å². The van der Waals surface area contributed by atoms with Crippen LogP contribution in [0.15, 0.2) is 60.7 Å². The molecule has 2 aromatic carbocycles. The van der Waals surface area contributed by atoms with Gasteiger partial charge in [-0.2, -0.15) is 0 Å². The fourth-order valence-electron chi connectivity index (χ4n) is 4.80. The van der Waals surface area contributed by atoms with E-state index in [1.54, 1.807) is 0 Å². The fraction of sp³-hybridized carbons (Fsp3) is 0.304. The van der Waals surface area contributed by atoms with Gasteiger partial charge in [-0.1, -0.05) is 0 Å². The Hall–Kier alpha value is -0.600. The topological polar surface area (TPSA) is 15.8 Å². The molecule has 4 rings (SSSR count). The van der Waals surface area contributed by atoms with Gasteiger partial charge in [0.2, 0.25) is 0 Å². The van der Waals surface area contributed by atoms with Gasteiger partial charge in [-0.3, -0.25) is 0 Å². The molecule has 0 amide bonds. The first-order chi connectivity index (χ1) is 12.0. The Morgan fingerprint density at radius 3 is 2.18 bits per heavy atom. The van der Waals surface area contributed by atoms with E-state index in [0.717, 1.165) is 0 Å². The van der Waals surface area contributed by atoms with Gasteiger partial charge in [0.05, 0.1) is 0 Å². The second-order valence-corrected chi connectivity index (χ2v) is 50.7. The van der Waals surface area contributed by atoms with Gasteiger partial charge in [-0.25, -0.2) is 0 Å². The van der Waals surface area contributed by atoms with Crippen LogP contribution >= 0.6 is 24.8 Å². The zero-order chi connectivity index (χ0) is 18.9. The molecule has 0 aliphatic heterocycles. The quantitative estimate of drug-likeness (QED) is 0.378. The number of H-pyrrole nitrogens is 1. The number of rotatable bonds is 2. The van der Waals surface area contributed by atoms with E-state index >= 15 is 0 Å². The molecule has 1 N–H and O–H groups in total. The minimum atomic E-state index is -4.11. The molecule has 151 valence electrons. The Morgan fingerprint density at radius 2 is 1.54 bits per heavy atom. The summed E-state index contributed by atoms with van der Waals surface area (Å²) in [6, 6.07) is 20.1. The zero-order valence-electron chi connectivity index (χ0n) is 17.5. The first-order valence-corrected chi connectivity index (χ1v) is 24.3. The number of halogens is 2. The third-order valence-electron chi connectivity index (χ3n) is 8.34. The van der Waals surface area contributed by atoms with E-state index in [1.165, 1.54) is 25.4 Å². The van der Waals surface area contributed by atoms with Crippen LogP contribution in [0.25, 0.3) is 17.0 Å². The van der Waals surface area contributed by atoms with E-state index in [1.807, 2.05) is 0 Å². The SMILES string of the molecule is C[C](C)(C)[Zr]([CH3])([CH3])(=[SiH2])([c]1cc2ccccc2[nH]1)[CH]1C=Cc2ccccc21.Cl.Cl. The van der Waals surface area contributed by atoms with Crippen molar-refractivity contribution >= 4 is 52.1 Å². The van der Waals surface area contributed by atoms with Crippen molar-refractivity contribution in [3.63, 3.8) is 0 Å². The summed E-state index contributed by atoms with van der Waals surface area (Å²) in [4.78, 5) is 3.89. The standard InChI is InChI=1S/C9H7.C8H6N.C4H9.2CH3.2ClH.H2Si.Zr/c1-2-5-9-7-3-6-8(9)4-1;1-2-4-8-7(3-1)5-6-9-8;1-4(2)3;;;;;;/h1-7H;1-5,9H;1-3H3;2*1H3;2*1H;1H2;. The van der Waals surface area contributed by atoms with Crippen molar-refractivity contribution in [2.75, 3.05) is 0 Å². The molecule has 1 unspecified atom stereocenters. The molecule has 5 heteroatoms. The van der Waals surface area contributed by atoms with E-state index in [2.05, 4.69) is 109 Å². The Morgan fingerprint density at radius 1 is 0.929 bits per heavy atom. The van der Waals surface area contributed by atoms with Crippen LogP contribution in [0.3, 0.4) is 0 Å². The minimum absolute atomic E-state index is 0. The van der Waals surface area contributed by atoms with E-state index in [4.69, 9.17) is 0 Å². The summed E-state index contributed by atoms with van der Waals surface area (Å²) in [5.41, 5.74) is 4.17. The largest absolute Gasteiger partial charge is 0.147 e. The number of aromatic amines is 1. The van der Waals surface area contributed by atoms with Gasteiger partial charge in [-0.15, -0.1) is 24.8 Å². The van der Waals surface area contributed by atoms with Crippen LogP contribution in [0.5, 0.6) is 0 Å². The smallest absolute Gasteiger partial charge is 0.147 e. The molecule has 0 saturated heterocycles. The van der Waals surface area contributed by atoms with Crippen molar-refractivity contribution in [3.05, 3.63) is 71.8 Å². The molecule has 1 aliphatic rings. The average Bonchev–Trinajstić information content (AvgIpc) is 3.19. The van der Waals surface area contributed by atoms with Gasteiger partial charge in [0.1, 0.15) is 0 Å². The molecular weight excluding hydrogens is 480 g/mol. The molecule has 0 saturated carbocycles. The van der Waals surface area contributed by atoms with E-state index < -0.39 is 15.9 Å². The summed E-state index contributed by atoms with van der Waals surface area (Å²) in [5, 5.41) is 1.33. The molecule has 1 heterocycles. The summed E-state index contributed by atoms with van der Waals surface area (Å²) in [6.07, 6.45) is 4.86. The summed E-state index contributed by atoms with van der Waals surface area (Å²) in [6.45, 7) is 9.77. The summed E-state index contributed by atoms with van der Waals surface area (Å²) in [5.74, 6) is 0. The summed E-state index contributed by atoms with van der Waals surface area (Å²) < 4.78 is 7.53. The van der Waals surface area contributed by atoms with Gasteiger partial charge in [0.25, 0.3) is 0 Å². The molecule has 0 fully saturated rings. The number of fused-ring (bicyclic) bond motifs is 2. The third-order valence-corrected chi connectivity index (χ3v) is 46.0. The average molecular weight is 513 g/mol. The van der Waals surface area contributed by atoms with E-state index in [0.29, 0.717) is 3.63 Å². The fourth-order valence-corrected chi connectivity index (χ4v) is 21.8. The van der Waals surface area contributed by atoms with Gasteiger partial charge < -0.3 is 0 Å². The molecule has 0 bridgehead atoms. The van der Waals surface area contributed by atoms with Gasteiger partial charge in [-0.05, 0) is 0 Å². The first-order valence-electron chi connectivity index (χ1n) is 9.62. The van der Waals surface area contributed by atoms with Crippen LogP contribution in [0, 0.1) is 0 Å². The number of benzene rings is 2. The Balaban J connectivity index is 0.00000140. The van der Waals surface area contributed by atoms with Crippen LogP contribution in [0.2, 0.25) is 12.4 Å². The summed E-state index contributed by atoms with van der Waals surface area (Å²) in [7, 11) is 0. The molecular formula is C23H32Cl2NSiZr. The van der Waals surface area contributed by atoms with Crippen molar-refractivity contribution in [3.8, 4) is 0 Å². The molecule has 0 radical (unpaired) electrons. The summed E-state index contributed by atoms with van der Waals surface area (Å²) >= 11 is -4.11. The van der Waals surface area contributed by atoms with Crippen molar-refractivity contribution in [2.45, 2.75) is 36.8 Å². The molecule has 1 nitrogen and oxygen atoms in total. The van der Waals surface area contributed by atoms with Gasteiger partial charge in [0, 0.05) is 0 Å². The Bertz CT molecular complexity index is 1130. The molecule has 1 atom stereocenters. The Kier molecular flexibility index (Phi) is 5.67. The molecule has 1 aromatic heterocycles. The maximum atomic E-state index is 3.89. The second-order valence-electron chi connectivity index (χ2n) is 10.7. The van der Waals surface area contributed by atoms with Crippen LogP contribution in [-0.4, -0.2) is 11.9 Å². The van der Waals surface area contributed by atoms with Crippen LogP contribution < -0.4 is 3.40 Å². The maximum Gasteiger partial charge on any atom is -0.147 e. The first kappa shape index (κ1) is 23.7. The van der Waals surface area contributed by atoms with Crippen molar-refractivity contribution < 1.29 is 15.9 Å². The number of para-hydroxylation sites is 1. The van der Waals surface area contributed by atoms with E-state index in [-0.39, 0.29) is 27.9 Å². The predicted octanol–water partition coefficient (Wildman–Crippen LogP) is 6.49. The minimum Gasteiger partial charge on any atom is -0.147 e. The number of nitrogens with one attached hydrogen (secondary N) is 1. The van der Waals surface area contributed by atoms with Gasteiger partial charge in [0.15, 0.2) is 0 Å². The molecule has 3 aromatic rings. The molecule has 0 spiro atoms. The second kappa shape index (κ2) is 6.71. The van der Waals surface area contributed by atoms with Gasteiger partial charge >= 0.3 is 157 Å². The number of allylic oxidation sites excluding steroid dienone is 1. The van der Waals surface area contributed by atoms with Crippen molar-refractivity contribution in [2.24, 2.45) is 0 Å². The number of hydrogen-bond donors (Lipinski definition) is 1. The zero-order valence-corrected chi connectivity index (χ0v) is 23.0. The Labute approximate surface area is 180 Å². The van der Waals surface area contributed by atoms with E-state index in [9.17, 15) is 0 Å². The van der Waals surface area contributed by atoms with Crippen LogP contribution in [0.4, 0.5) is 0 Å². The van der Waals surface area contributed by atoms with Crippen LogP contribution in [0.1, 0.15) is 35.5 Å². The maximum absolute atomic E-state index is 4.11. The third kappa shape index (κ3) is 2.81. The normalized spacial score (nSPS) is 18.5. The number of aromatic nitrogens is 1. The monoisotopic (exact) mass is 510 g/mol. The number of hydrogen-bond acceptors (Lipinski definition) is 0. The van der Waals surface area contributed by atoms with Crippen molar-refractivity contribution in [1.29, 1.82) is 0 Å².